The quantitative estimate of drug-likeness (QED) is 0.527. The van der Waals surface area contributed by atoms with Crippen molar-refractivity contribution in [2.45, 2.75) is 6.42 Å². The maximum Gasteiger partial charge on any atom is 0.308 e. The fourth-order valence-corrected chi connectivity index (χ4v) is 0.0873. The Bertz CT molecular complexity index is 73.3. The van der Waals surface area contributed by atoms with E-state index in [0.29, 0.717) is 0 Å². The summed E-state index contributed by atoms with van der Waals surface area (Å²) < 4.78 is 0. The average molecular weight is 124 g/mol. The summed E-state index contributed by atoms with van der Waals surface area (Å²) in [6.07, 6.45) is 0.683. The van der Waals surface area contributed by atoms with Gasteiger partial charge in [-0.05, 0) is 0 Å². The van der Waals surface area contributed by atoms with Gasteiger partial charge in [0.25, 0.3) is 0 Å². The van der Waals surface area contributed by atoms with Crippen molar-refractivity contribution in [1.82, 2.24) is 0 Å². The van der Waals surface area contributed by atoms with Crippen molar-refractivity contribution >= 4 is 24.6 Å². The van der Waals surface area contributed by atoms with Gasteiger partial charge in [-0.15, -0.1) is 12.4 Å². The van der Waals surface area contributed by atoms with Crippen molar-refractivity contribution < 1.29 is 9.90 Å². The third kappa shape index (κ3) is 10.8. The lowest BCUT2D eigenvalue weighted by molar-refractivity contribution is -0.135. The molecule has 0 rings (SSSR count). The van der Waals surface area contributed by atoms with Crippen LogP contribution in [-0.4, -0.2) is 17.3 Å². The first-order valence-corrected chi connectivity index (χ1v) is 1.48. The SMILES string of the molecule is Cl.N=CCC(=O)O. The number of carboxylic acid groups (broad SMARTS) is 1. The summed E-state index contributed by atoms with van der Waals surface area (Å²) >= 11 is 0. The average Bonchev–Trinajstić information content (AvgIpc) is 1.35. The van der Waals surface area contributed by atoms with Gasteiger partial charge in [0, 0.05) is 6.21 Å². The number of halogens is 1. The highest BCUT2D eigenvalue weighted by atomic mass is 35.5. The largest absolute Gasteiger partial charge is 0.481 e. The van der Waals surface area contributed by atoms with Crippen molar-refractivity contribution in [2.24, 2.45) is 0 Å². The van der Waals surface area contributed by atoms with E-state index in [1.807, 2.05) is 0 Å². The second kappa shape index (κ2) is 5.43. The van der Waals surface area contributed by atoms with Gasteiger partial charge in [0.1, 0.15) is 0 Å². The Labute approximate surface area is 47.3 Å². The molecule has 0 spiro atoms. The Kier molecular flexibility index (Phi) is 7.49. The molecule has 0 aromatic heterocycles. The highest BCUT2D eigenvalue weighted by Crippen LogP contribution is 1.65. The lowest BCUT2D eigenvalue weighted by atomic mass is 10.5. The Morgan fingerprint density at radius 2 is 2.29 bits per heavy atom. The molecule has 2 N–H and O–H groups in total. The number of nitrogens with one attached hydrogen (secondary N) is 1. The van der Waals surface area contributed by atoms with Gasteiger partial charge in [0.05, 0.1) is 6.42 Å². The first kappa shape index (κ1) is 9.66. The fraction of sp³-hybridized carbons (Fsp3) is 0.333. The molecule has 0 radical (unpaired) electrons. The van der Waals surface area contributed by atoms with Crippen molar-refractivity contribution in [1.29, 1.82) is 5.41 Å². The van der Waals surface area contributed by atoms with Crippen molar-refractivity contribution in [3.8, 4) is 0 Å². The van der Waals surface area contributed by atoms with Crippen LogP contribution in [0.5, 0.6) is 0 Å². The summed E-state index contributed by atoms with van der Waals surface area (Å²) in [4.78, 5) is 9.45. The molecule has 3 nitrogen and oxygen atoms in total. The van der Waals surface area contributed by atoms with E-state index in [1.165, 1.54) is 0 Å². The molecular formula is C3H6ClNO2. The Morgan fingerprint density at radius 3 is 2.29 bits per heavy atom. The van der Waals surface area contributed by atoms with Crippen LogP contribution in [0.15, 0.2) is 0 Å². The van der Waals surface area contributed by atoms with Gasteiger partial charge in [0.15, 0.2) is 0 Å². The summed E-state index contributed by atoms with van der Waals surface area (Å²) in [5.74, 6) is -0.954. The molecule has 0 amide bonds. The maximum absolute atomic E-state index is 9.45. The zero-order valence-electron chi connectivity index (χ0n) is 3.55. The van der Waals surface area contributed by atoms with Crippen molar-refractivity contribution in [3.05, 3.63) is 0 Å². The van der Waals surface area contributed by atoms with Crippen LogP contribution in [0.2, 0.25) is 0 Å². The van der Waals surface area contributed by atoms with Crippen LogP contribution in [0.4, 0.5) is 0 Å². The molecular weight excluding hydrogens is 117 g/mol. The Hall–Kier alpha value is -0.570. The number of carbonyl (C=O) groups is 1. The summed E-state index contributed by atoms with van der Waals surface area (Å²) in [5.41, 5.74) is 0. The molecule has 0 unspecified atom stereocenters. The minimum atomic E-state index is -0.954. The zero-order chi connectivity index (χ0) is 4.99. The number of hydrogen-bond donors (Lipinski definition) is 2. The minimum absolute atomic E-state index is 0. The third-order valence-electron chi connectivity index (χ3n) is 0.277. The maximum atomic E-state index is 9.45. The molecule has 0 aromatic carbocycles. The van der Waals surface area contributed by atoms with Crippen molar-refractivity contribution in [3.63, 3.8) is 0 Å². The molecule has 0 heterocycles. The molecule has 0 aromatic rings. The molecule has 0 fully saturated rings. The molecule has 0 aliphatic rings. The van der Waals surface area contributed by atoms with Gasteiger partial charge in [-0.3, -0.25) is 4.79 Å². The van der Waals surface area contributed by atoms with E-state index >= 15 is 0 Å². The molecule has 0 saturated carbocycles. The van der Waals surface area contributed by atoms with Crippen molar-refractivity contribution in [2.75, 3.05) is 0 Å². The van der Waals surface area contributed by atoms with Gasteiger partial charge < -0.3 is 10.5 Å². The van der Waals surface area contributed by atoms with E-state index < -0.39 is 5.97 Å². The predicted molar refractivity (Wildman–Crippen MR) is 28.3 cm³/mol. The van der Waals surface area contributed by atoms with E-state index in [4.69, 9.17) is 10.5 Å². The molecule has 0 atom stereocenters. The van der Waals surface area contributed by atoms with Gasteiger partial charge in [-0.25, -0.2) is 0 Å². The molecule has 0 aliphatic carbocycles. The zero-order valence-corrected chi connectivity index (χ0v) is 4.36. The van der Waals surface area contributed by atoms with E-state index in [9.17, 15) is 4.79 Å². The minimum Gasteiger partial charge on any atom is -0.481 e. The highest BCUT2D eigenvalue weighted by molar-refractivity contribution is 5.85. The van der Waals surface area contributed by atoms with E-state index in [-0.39, 0.29) is 18.8 Å². The molecule has 0 aliphatic heterocycles. The van der Waals surface area contributed by atoms with Crippen LogP contribution in [0.3, 0.4) is 0 Å². The van der Waals surface area contributed by atoms with Gasteiger partial charge in [-0.1, -0.05) is 0 Å². The third-order valence-corrected chi connectivity index (χ3v) is 0.277. The van der Waals surface area contributed by atoms with Gasteiger partial charge in [0.2, 0.25) is 0 Å². The number of aliphatic carboxylic acids is 1. The standard InChI is InChI=1S/C3H5NO2.ClH/c4-2-1-3(5)6;/h2,4H,1H2,(H,5,6);1H. The normalized spacial score (nSPS) is 6.29. The lowest BCUT2D eigenvalue weighted by Crippen LogP contribution is -1.92. The summed E-state index contributed by atoms with van der Waals surface area (Å²) in [6, 6.07) is 0. The number of hydrogen-bond acceptors (Lipinski definition) is 2. The van der Waals surface area contributed by atoms with Crippen LogP contribution < -0.4 is 0 Å². The van der Waals surface area contributed by atoms with Gasteiger partial charge >= 0.3 is 5.97 Å². The lowest BCUT2D eigenvalue weighted by Gasteiger charge is -1.74. The van der Waals surface area contributed by atoms with E-state index in [0.717, 1.165) is 6.21 Å². The molecule has 0 saturated heterocycles. The van der Waals surface area contributed by atoms with Gasteiger partial charge in [-0.2, -0.15) is 0 Å². The number of carboxylic acids is 1. The molecule has 7 heavy (non-hydrogen) atoms. The molecule has 4 heteroatoms. The second-order valence-electron chi connectivity index (χ2n) is 0.802. The second-order valence-corrected chi connectivity index (χ2v) is 0.802. The highest BCUT2D eigenvalue weighted by Gasteiger charge is 1.85. The first-order chi connectivity index (χ1) is 2.77. The summed E-state index contributed by atoms with van der Waals surface area (Å²) in [6.45, 7) is 0. The monoisotopic (exact) mass is 123 g/mol. The number of rotatable bonds is 2. The molecule has 0 bridgehead atoms. The summed E-state index contributed by atoms with van der Waals surface area (Å²) in [5, 5.41) is 14.0. The fourth-order valence-electron chi connectivity index (χ4n) is 0.0873. The molecule has 42 valence electrons. The van der Waals surface area contributed by atoms with Crippen LogP contribution in [0, 0.1) is 5.41 Å². The van der Waals surface area contributed by atoms with Crippen LogP contribution >= 0.6 is 12.4 Å². The smallest absolute Gasteiger partial charge is 0.308 e. The van der Waals surface area contributed by atoms with Crippen LogP contribution in [0.1, 0.15) is 6.42 Å². The van der Waals surface area contributed by atoms with Crippen LogP contribution in [-0.2, 0) is 4.79 Å². The first-order valence-electron chi connectivity index (χ1n) is 1.48. The Balaban J connectivity index is 0. The topological polar surface area (TPSA) is 61.2 Å². The van der Waals surface area contributed by atoms with Crippen LogP contribution in [0.25, 0.3) is 0 Å². The Morgan fingerprint density at radius 1 is 1.86 bits per heavy atom. The summed E-state index contributed by atoms with van der Waals surface area (Å²) in [7, 11) is 0. The predicted octanol–water partition coefficient (Wildman–Crippen LogP) is 0.532. The van der Waals surface area contributed by atoms with E-state index in [2.05, 4.69) is 0 Å². The van der Waals surface area contributed by atoms with E-state index in [1.54, 1.807) is 0 Å².